The highest BCUT2D eigenvalue weighted by molar-refractivity contribution is 5.97. The van der Waals surface area contributed by atoms with Gasteiger partial charge in [-0.2, -0.15) is 0 Å². The smallest absolute Gasteiger partial charge is 0.286 e. The molecule has 2 aliphatic carbocycles. The molecule has 0 bridgehead atoms. The van der Waals surface area contributed by atoms with Gasteiger partial charge in [0.05, 0.1) is 22.7 Å². The lowest BCUT2D eigenvalue weighted by Gasteiger charge is -2.67. The van der Waals surface area contributed by atoms with E-state index in [4.69, 9.17) is 9.47 Å². The fourth-order valence-corrected chi connectivity index (χ4v) is 6.13. The van der Waals surface area contributed by atoms with Crippen LogP contribution in [0.5, 0.6) is 0 Å². The molecule has 0 aromatic carbocycles. The average molecular weight is 378 g/mol. The Morgan fingerprint density at radius 3 is 2.37 bits per heavy atom. The summed E-state index contributed by atoms with van der Waals surface area (Å²) >= 11 is 0. The Morgan fingerprint density at radius 1 is 1.04 bits per heavy atom. The molecule has 4 aliphatic rings. The van der Waals surface area contributed by atoms with Gasteiger partial charge in [-0.1, -0.05) is 13.8 Å². The summed E-state index contributed by atoms with van der Waals surface area (Å²) in [5.74, 6) is -0.221. The fraction of sp³-hybridized carbons (Fsp3) is 0.810. The van der Waals surface area contributed by atoms with Crippen LogP contribution in [0.1, 0.15) is 66.7 Å². The van der Waals surface area contributed by atoms with Crippen LogP contribution in [-0.4, -0.2) is 45.2 Å². The molecule has 2 heterocycles. The number of hydrogen-bond acceptors (Lipinski definition) is 6. The maximum atomic E-state index is 13.2. The summed E-state index contributed by atoms with van der Waals surface area (Å²) in [6, 6.07) is 0. The molecule has 0 saturated heterocycles. The number of aliphatic hydroxyl groups excluding tert-OH is 1. The van der Waals surface area contributed by atoms with Crippen molar-refractivity contribution in [2.45, 2.75) is 90.1 Å². The van der Waals surface area contributed by atoms with Gasteiger partial charge in [-0.05, 0) is 40.0 Å². The van der Waals surface area contributed by atoms with Crippen LogP contribution in [0.25, 0.3) is 0 Å². The number of hydrogen-bond donors (Lipinski definition) is 2. The van der Waals surface area contributed by atoms with Crippen molar-refractivity contribution in [1.29, 1.82) is 0 Å². The number of carbonyl (C=O) groups excluding carboxylic acids is 2. The van der Waals surface area contributed by atoms with E-state index in [0.29, 0.717) is 37.2 Å². The van der Waals surface area contributed by atoms with Crippen LogP contribution in [0.4, 0.5) is 0 Å². The molecule has 2 aliphatic heterocycles. The van der Waals surface area contributed by atoms with Crippen LogP contribution in [0.2, 0.25) is 0 Å². The van der Waals surface area contributed by atoms with Gasteiger partial charge in [0.25, 0.3) is 5.95 Å². The molecule has 27 heavy (non-hydrogen) atoms. The van der Waals surface area contributed by atoms with Crippen molar-refractivity contribution < 1.29 is 29.3 Å². The second-order valence-electron chi connectivity index (χ2n) is 9.92. The first-order chi connectivity index (χ1) is 12.4. The number of Topliss-reactive ketones (excluding diaryl/α,β-unsaturated/α-hetero) is 2. The van der Waals surface area contributed by atoms with Gasteiger partial charge in [-0.3, -0.25) is 9.59 Å². The number of fused-ring (bicyclic) bond motifs is 3. The number of aliphatic hydroxyl groups is 2. The first-order valence-electron chi connectivity index (χ1n) is 9.92. The van der Waals surface area contributed by atoms with Crippen LogP contribution in [-0.2, 0) is 19.1 Å². The van der Waals surface area contributed by atoms with E-state index in [1.54, 1.807) is 6.92 Å². The number of ketones is 2. The monoisotopic (exact) mass is 378 g/mol. The zero-order valence-corrected chi connectivity index (χ0v) is 16.8. The van der Waals surface area contributed by atoms with Crippen molar-refractivity contribution in [3.63, 3.8) is 0 Å². The van der Waals surface area contributed by atoms with Gasteiger partial charge < -0.3 is 19.7 Å². The second kappa shape index (κ2) is 5.35. The number of ether oxygens (including phenoxy) is 2. The Balaban J connectivity index is 1.84. The normalized spacial score (nSPS) is 48.8. The van der Waals surface area contributed by atoms with E-state index < -0.39 is 28.1 Å². The molecular formula is C21H30O6. The molecule has 150 valence electrons. The lowest BCUT2D eigenvalue weighted by Crippen LogP contribution is -2.75. The standard InChI is InChI=1S/C21H30O6/c1-11-8-13(22)12-9-14-19(4,27-17(12)26-11)6-7-21(25)18(2,3)15(23)10-16(24)20(14,21)5/h11,14-15,23,25H,6-10H2,1-5H3. The highest BCUT2D eigenvalue weighted by Gasteiger charge is 2.73. The van der Waals surface area contributed by atoms with Crippen LogP contribution in [0.15, 0.2) is 11.5 Å². The molecule has 6 unspecified atom stereocenters. The largest absolute Gasteiger partial charge is 0.462 e. The zero-order valence-electron chi connectivity index (χ0n) is 16.8. The van der Waals surface area contributed by atoms with E-state index in [-0.39, 0.29) is 30.0 Å². The Bertz CT molecular complexity index is 754. The second-order valence-corrected chi connectivity index (χ2v) is 9.92. The van der Waals surface area contributed by atoms with Gasteiger partial charge in [0.15, 0.2) is 5.78 Å². The van der Waals surface area contributed by atoms with E-state index in [1.807, 2.05) is 27.7 Å². The van der Waals surface area contributed by atoms with Gasteiger partial charge in [0.1, 0.15) is 17.5 Å². The first-order valence-corrected chi connectivity index (χ1v) is 9.92. The topological polar surface area (TPSA) is 93.1 Å². The molecule has 2 fully saturated rings. The van der Waals surface area contributed by atoms with Crippen molar-refractivity contribution in [2.75, 3.05) is 0 Å². The molecule has 2 N–H and O–H groups in total. The molecule has 0 spiro atoms. The predicted molar refractivity (Wildman–Crippen MR) is 96.5 cm³/mol. The van der Waals surface area contributed by atoms with Gasteiger partial charge in [0.2, 0.25) is 0 Å². The minimum absolute atomic E-state index is 0.00573. The molecule has 6 atom stereocenters. The van der Waals surface area contributed by atoms with E-state index >= 15 is 0 Å². The van der Waals surface area contributed by atoms with Crippen molar-refractivity contribution in [1.82, 2.24) is 0 Å². The van der Waals surface area contributed by atoms with Crippen LogP contribution >= 0.6 is 0 Å². The third-order valence-electron chi connectivity index (χ3n) is 8.23. The molecule has 6 nitrogen and oxygen atoms in total. The summed E-state index contributed by atoms with van der Waals surface area (Å²) in [5, 5.41) is 22.4. The lowest BCUT2D eigenvalue weighted by atomic mass is 9.41. The minimum atomic E-state index is -1.37. The Hall–Kier alpha value is -1.40. The third kappa shape index (κ3) is 2.14. The Morgan fingerprint density at radius 2 is 1.70 bits per heavy atom. The van der Waals surface area contributed by atoms with E-state index in [0.717, 1.165) is 0 Å². The van der Waals surface area contributed by atoms with Crippen LogP contribution in [0, 0.1) is 16.7 Å². The number of rotatable bonds is 0. The molecule has 2 saturated carbocycles. The van der Waals surface area contributed by atoms with Gasteiger partial charge >= 0.3 is 0 Å². The lowest BCUT2D eigenvalue weighted by molar-refractivity contribution is -0.283. The van der Waals surface area contributed by atoms with Crippen molar-refractivity contribution >= 4 is 11.6 Å². The summed E-state index contributed by atoms with van der Waals surface area (Å²) in [7, 11) is 0. The highest BCUT2D eigenvalue weighted by Crippen LogP contribution is 2.66. The summed E-state index contributed by atoms with van der Waals surface area (Å²) in [6.07, 6.45) is 0.406. The van der Waals surface area contributed by atoms with Crippen molar-refractivity contribution in [3.05, 3.63) is 11.5 Å². The van der Waals surface area contributed by atoms with E-state index in [1.165, 1.54) is 0 Å². The Labute approximate surface area is 159 Å². The molecule has 4 rings (SSSR count). The van der Waals surface area contributed by atoms with Crippen molar-refractivity contribution in [3.8, 4) is 0 Å². The molecule has 0 aromatic heterocycles. The molecular weight excluding hydrogens is 348 g/mol. The van der Waals surface area contributed by atoms with Crippen molar-refractivity contribution in [2.24, 2.45) is 16.7 Å². The minimum Gasteiger partial charge on any atom is -0.462 e. The molecule has 0 amide bonds. The summed E-state index contributed by atoms with van der Waals surface area (Å²) in [6.45, 7) is 9.25. The molecule has 6 heteroatoms. The maximum Gasteiger partial charge on any atom is 0.286 e. The maximum absolute atomic E-state index is 13.2. The van der Waals surface area contributed by atoms with Gasteiger partial charge in [-0.25, -0.2) is 0 Å². The summed E-state index contributed by atoms with van der Waals surface area (Å²) in [4.78, 5) is 25.9. The van der Waals surface area contributed by atoms with E-state index in [2.05, 4.69) is 0 Å². The summed E-state index contributed by atoms with van der Waals surface area (Å²) in [5.41, 5.74) is -3.52. The average Bonchev–Trinajstić information content (AvgIpc) is 2.56. The molecule has 0 radical (unpaired) electrons. The number of carbonyl (C=O) groups is 2. The van der Waals surface area contributed by atoms with Crippen LogP contribution < -0.4 is 0 Å². The third-order valence-corrected chi connectivity index (χ3v) is 8.23. The highest BCUT2D eigenvalue weighted by atomic mass is 16.7. The SMILES string of the molecule is CC1CC(=O)C2=C(O1)OC1(C)CCC3(O)C(C)(C)C(O)CC(=O)C3(C)C1C2. The Kier molecular flexibility index (Phi) is 3.75. The number of allylic oxidation sites excluding steroid dienone is 1. The first kappa shape index (κ1) is 18.9. The quantitative estimate of drug-likeness (QED) is 0.672. The predicted octanol–water partition coefficient (Wildman–Crippen LogP) is 2.26. The zero-order chi connectivity index (χ0) is 20.0. The summed E-state index contributed by atoms with van der Waals surface area (Å²) < 4.78 is 12.0. The van der Waals surface area contributed by atoms with Crippen LogP contribution in [0.3, 0.4) is 0 Å². The van der Waals surface area contributed by atoms with Gasteiger partial charge in [0, 0.05) is 24.2 Å². The van der Waals surface area contributed by atoms with Gasteiger partial charge in [-0.15, -0.1) is 0 Å². The molecule has 0 aromatic rings. The van der Waals surface area contributed by atoms with E-state index in [9.17, 15) is 19.8 Å². The fourth-order valence-electron chi connectivity index (χ4n) is 6.13.